The Morgan fingerprint density at radius 2 is 2.17 bits per heavy atom. The molecule has 3 aromatic rings. The van der Waals surface area contributed by atoms with Crippen LogP contribution in [0.1, 0.15) is 5.69 Å². The van der Waals surface area contributed by atoms with Crippen LogP contribution in [0.3, 0.4) is 0 Å². The van der Waals surface area contributed by atoms with E-state index in [0.29, 0.717) is 13.0 Å². The number of hydrogen-bond donors (Lipinski definition) is 2. The number of nitrogens with zero attached hydrogens (tertiary/aromatic N) is 2. The quantitative estimate of drug-likeness (QED) is 0.706. The molecule has 0 radical (unpaired) electrons. The van der Waals surface area contributed by atoms with Crippen LogP contribution in [-0.2, 0) is 6.42 Å². The molecule has 2 N–H and O–H groups in total. The number of benzene rings is 1. The fourth-order valence-corrected chi connectivity index (χ4v) is 2.75. The average Bonchev–Trinajstić information content (AvgIpc) is 2.97. The zero-order valence-corrected chi connectivity index (χ0v) is 13.6. The van der Waals surface area contributed by atoms with Gasteiger partial charge >= 0.3 is 6.03 Å². The smallest absolute Gasteiger partial charge is 0.319 e. The SMILES string of the molecule is CSc1cccc(NC(=O)NCCc2cn3ccccc3n2)c1. The second-order valence-electron chi connectivity index (χ2n) is 5.06. The molecule has 0 aliphatic carbocycles. The predicted molar refractivity (Wildman–Crippen MR) is 94.1 cm³/mol. The number of anilines is 1. The highest BCUT2D eigenvalue weighted by Crippen LogP contribution is 2.18. The van der Waals surface area contributed by atoms with Gasteiger partial charge in [0.1, 0.15) is 5.65 Å². The second-order valence-corrected chi connectivity index (χ2v) is 5.94. The summed E-state index contributed by atoms with van der Waals surface area (Å²) in [6.07, 6.45) is 6.65. The average molecular weight is 326 g/mol. The number of pyridine rings is 1. The van der Waals surface area contributed by atoms with Gasteiger partial charge in [0.25, 0.3) is 0 Å². The summed E-state index contributed by atoms with van der Waals surface area (Å²) in [5.74, 6) is 0. The lowest BCUT2D eigenvalue weighted by atomic mass is 10.3. The Hall–Kier alpha value is -2.47. The number of thioether (sulfide) groups is 1. The standard InChI is InChI=1S/C17H18N4OS/c1-23-15-6-4-5-13(11-15)20-17(22)18-9-8-14-12-21-10-3-2-7-16(21)19-14/h2-7,10-12H,8-9H2,1H3,(H2,18,20,22). The van der Waals surface area contributed by atoms with Gasteiger partial charge in [0.2, 0.25) is 0 Å². The zero-order chi connectivity index (χ0) is 16.1. The highest BCUT2D eigenvalue weighted by atomic mass is 32.2. The third-order valence-corrected chi connectivity index (χ3v) is 4.13. The predicted octanol–water partition coefficient (Wildman–Crippen LogP) is 3.42. The molecule has 0 aliphatic rings. The molecule has 3 rings (SSSR count). The lowest BCUT2D eigenvalue weighted by molar-refractivity contribution is 0.252. The van der Waals surface area contributed by atoms with Crippen LogP contribution in [0.15, 0.2) is 59.8 Å². The van der Waals surface area contributed by atoms with Gasteiger partial charge in [-0.1, -0.05) is 12.1 Å². The van der Waals surface area contributed by atoms with E-state index in [1.807, 2.05) is 65.5 Å². The van der Waals surface area contributed by atoms with Crippen molar-refractivity contribution in [3.05, 3.63) is 60.6 Å². The molecular formula is C17H18N4OS. The molecule has 0 aliphatic heterocycles. The molecule has 0 spiro atoms. The highest BCUT2D eigenvalue weighted by molar-refractivity contribution is 7.98. The molecule has 0 bridgehead atoms. The summed E-state index contributed by atoms with van der Waals surface area (Å²) in [6, 6.07) is 13.4. The number of amides is 2. The van der Waals surface area contributed by atoms with Crippen molar-refractivity contribution in [2.45, 2.75) is 11.3 Å². The maximum atomic E-state index is 11.9. The number of hydrogen-bond acceptors (Lipinski definition) is 3. The minimum Gasteiger partial charge on any atom is -0.337 e. The van der Waals surface area contributed by atoms with Crippen molar-refractivity contribution in [1.29, 1.82) is 0 Å². The van der Waals surface area contributed by atoms with E-state index >= 15 is 0 Å². The van der Waals surface area contributed by atoms with Crippen LogP contribution in [0.5, 0.6) is 0 Å². The van der Waals surface area contributed by atoms with E-state index in [1.165, 1.54) is 0 Å². The Morgan fingerprint density at radius 3 is 3.00 bits per heavy atom. The summed E-state index contributed by atoms with van der Waals surface area (Å²) in [6.45, 7) is 0.540. The monoisotopic (exact) mass is 326 g/mol. The molecule has 5 nitrogen and oxygen atoms in total. The first-order chi connectivity index (χ1) is 11.2. The third-order valence-electron chi connectivity index (χ3n) is 3.41. The summed E-state index contributed by atoms with van der Waals surface area (Å²) in [7, 11) is 0. The Kier molecular flexibility index (Phi) is 4.83. The van der Waals surface area contributed by atoms with E-state index in [9.17, 15) is 4.79 Å². The first-order valence-corrected chi connectivity index (χ1v) is 8.58. The van der Waals surface area contributed by atoms with E-state index in [0.717, 1.165) is 21.9 Å². The molecule has 0 unspecified atom stereocenters. The van der Waals surface area contributed by atoms with Crippen molar-refractivity contribution >= 4 is 29.1 Å². The molecule has 2 heterocycles. The third kappa shape index (κ3) is 4.04. The minimum atomic E-state index is -0.202. The number of rotatable bonds is 5. The first kappa shape index (κ1) is 15.4. The highest BCUT2D eigenvalue weighted by Gasteiger charge is 2.04. The van der Waals surface area contributed by atoms with Gasteiger partial charge in [0, 0.05) is 35.9 Å². The molecule has 1 aromatic carbocycles. The fourth-order valence-electron chi connectivity index (χ4n) is 2.29. The molecule has 2 aromatic heterocycles. The van der Waals surface area contributed by atoms with Gasteiger partial charge in [0.15, 0.2) is 0 Å². The molecule has 0 saturated heterocycles. The van der Waals surface area contributed by atoms with Gasteiger partial charge in [-0.3, -0.25) is 0 Å². The second kappa shape index (κ2) is 7.19. The summed E-state index contributed by atoms with van der Waals surface area (Å²) in [5.41, 5.74) is 2.67. The number of aromatic nitrogens is 2. The molecule has 118 valence electrons. The van der Waals surface area contributed by atoms with Crippen molar-refractivity contribution in [2.75, 3.05) is 18.1 Å². The first-order valence-electron chi connectivity index (χ1n) is 7.36. The zero-order valence-electron chi connectivity index (χ0n) is 12.8. The molecule has 23 heavy (non-hydrogen) atoms. The van der Waals surface area contributed by atoms with Crippen LogP contribution in [0.4, 0.5) is 10.5 Å². The topological polar surface area (TPSA) is 58.4 Å². The summed E-state index contributed by atoms with van der Waals surface area (Å²) < 4.78 is 1.98. The number of fused-ring (bicyclic) bond motifs is 1. The largest absolute Gasteiger partial charge is 0.337 e. The van der Waals surface area contributed by atoms with Gasteiger partial charge in [-0.25, -0.2) is 9.78 Å². The van der Waals surface area contributed by atoms with Gasteiger partial charge in [-0.05, 0) is 36.6 Å². The van der Waals surface area contributed by atoms with Crippen LogP contribution < -0.4 is 10.6 Å². The Labute approximate surface area is 139 Å². The van der Waals surface area contributed by atoms with E-state index in [1.54, 1.807) is 11.8 Å². The fraction of sp³-hybridized carbons (Fsp3) is 0.176. The lowest BCUT2D eigenvalue weighted by Gasteiger charge is -2.07. The van der Waals surface area contributed by atoms with Crippen molar-refractivity contribution in [2.24, 2.45) is 0 Å². The molecule has 0 saturated carbocycles. The number of urea groups is 1. The normalized spacial score (nSPS) is 10.7. The number of nitrogens with one attached hydrogen (secondary N) is 2. The Morgan fingerprint density at radius 1 is 1.26 bits per heavy atom. The molecule has 0 atom stereocenters. The Bertz CT molecular complexity index is 782. The van der Waals surface area contributed by atoms with Crippen molar-refractivity contribution < 1.29 is 4.79 Å². The molecule has 2 amide bonds. The van der Waals surface area contributed by atoms with Crippen LogP contribution in [-0.4, -0.2) is 28.2 Å². The van der Waals surface area contributed by atoms with Crippen LogP contribution >= 0.6 is 11.8 Å². The van der Waals surface area contributed by atoms with Crippen molar-refractivity contribution in [3.63, 3.8) is 0 Å². The molecule has 6 heteroatoms. The van der Waals surface area contributed by atoms with Crippen LogP contribution in [0, 0.1) is 0 Å². The summed E-state index contributed by atoms with van der Waals surface area (Å²) in [4.78, 5) is 17.5. The number of imidazole rings is 1. The maximum absolute atomic E-state index is 11.9. The Balaban J connectivity index is 1.50. The molecular weight excluding hydrogens is 308 g/mol. The maximum Gasteiger partial charge on any atom is 0.319 e. The van der Waals surface area contributed by atoms with E-state index in [2.05, 4.69) is 15.6 Å². The lowest BCUT2D eigenvalue weighted by Crippen LogP contribution is -2.30. The van der Waals surface area contributed by atoms with Crippen molar-refractivity contribution in [3.8, 4) is 0 Å². The van der Waals surface area contributed by atoms with Crippen molar-refractivity contribution in [1.82, 2.24) is 14.7 Å². The van der Waals surface area contributed by atoms with E-state index < -0.39 is 0 Å². The number of carbonyl (C=O) groups excluding carboxylic acids is 1. The van der Waals surface area contributed by atoms with Crippen LogP contribution in [0.25, 0.3) is 5.65 Å². The van der Waals surface area contributed by atoms with Crippen LogP contribution in [0.2, 0.25) is 0 Å². The van der Waals surface area contributed by atoms with E-state index in [-0.39, 0.29) is 6.03 Å². The number of carbonyl (C=O) groups is 1. The van der Waals surface area contributed by atoms with E-state index in [4.69, 9.17) is 0 Å². The van der Waals surface area contributed by atoms with Gasteiger partial charge in [-0.15, -0.1) is 11.8 Å². The van der Waals surface area contributed by atoms with Gasteiger partial charge in [-0.2, -0.15) is 0 Å². The van der Waals surface area contributed by atoms with Gasteiger partial charge < -0.3 is 15.0 Å². The summed E-state index contributed by atoms with van der Waals surface area (Å²) in [5, 5.41) is 5.70. The summed E-state index contributed by atoms with van der Waals surface area (Å²) >= 11 is 1.64. The molecule has 0 fully saturated rings. The van der Waals surface area contributed by atoms with Gasteiger partial charge in [0.05, 0.1) is 5.69 Å². The minimum absolute atomic E-state index is 0.202.